The second-order valence-electron chi connectivity index (χ2n) is 4.47. The summed E-state index contributed by atoms with van der Waals surface area (Å²) in [7, 11) is 4.22. The summed E-state index contributed by atoms with van der Waals surface area (Å²) in [6, 6.07) is 8.90. The van der Waals surface area contributed by atoms with Crippen LogP contribution < -0.4 is 5.32 Å². The van der Waals surface area contributed by atoms with E-state index >= 15 is 0 Å². The first-order chi connectivity index (χ1) is 7.59. The topological polar surface area (TPSA) is 15.3 Å². The van der Waals surface area contributed by atoms with Gasteiger partial charge in [0.25, 0.3) is 0 Å². The summed E-state index contributed by atoms with van der Waals surface area (Å²) in [6.07, 6.45) is 1.18. The van der Waals surface area contributed by atoms with E-state index in [0.717, 1.165) is 13.1 Å². The van der Waals surface area contributed by atoms with Crippen molar-refractivity contribution in [2.45, 2.75) is 25.9 Å². The molecule has 2 nitrogen and oxygen atoms in total. The quantitative estimate of drug-likeness (QED) is 0.864. The lowest BCUT2D eigenvalue weighted by Crippen LogP contribution is -2.29. The van der Waals surface area contributed by atoms with Gasteiger partial charge in [-0.1, -0.05) is 34.1 Å². The highest BCUT2D eigenvalue weighted by Crippen LogP contribution is 2.15. The van der Waals surface area contributed by atoms with Crippen LogP contribution in [0.25, 0.3) is 0 Å². The van der Waals surface area contributed by atoms with E-state index in [2.05, 4.69) is 65.4 Å². The molecule has 0 amide bonds. The van der Waals surface area contributed by atoms with E-state index in [9.17, 15) is 0 Å². The molecule has 3 heteroatoms. The molecule has 0 bridgehead atoms. The van der Waals surface area contributed by atoms with E-state index < -0.39 is 0 Å². The van der Waals surface area contributed by atoms with Crippen LogP contribution in [0.3, 0.4) is 0 Å². The fourth-order valence-electron chi connectivity index (χ4n) is 1.48. The van der Waals surface area contributed by atoms with E-state index in [1.54, 1.807) is 0 Å². The molecule has 0 spiro atoms. The first-order valence-electron chi connectivity index (χ1n) is 5.71. The maximum Gasteiger partial charge on any atom is 0.0220 e. The second-order valence-corrected chi connectivity index (χ2v) is 5.32. The van der Waals surface area contributed by atoms with Crippen LogP contribution in [0, 0.1) is 0 Å². The van der Waals surface area contributed by atoms with Gasteiger partial charge in [0.15, 0.2) is 0 Å². The van der Waals surface area contributed by atoms with Gasteiger partial charge >= 0.3 is 0 Å². The molecule has 0 aliphatic rings. The molecule has 0 heterocycles. The summed E-state index contributed by atoms with van der Waals surface area (Å²) in [5, 5.41) is 3.54. The molecule has 1 unspecified atom stereocenters. The van der Waals surface area contributed by atoms with Gasteiger partial charge in [-0.25, -0.2) is 0 Å². The van der Waals surface area contributed by atoms with Crippen molar-refractivity contribution in [2.24, 2.45) is 0 Å². The highest BCUT2D eigenvalue weighted by molar-refractivity contribution is 9.10. The van der Waals surface area contributed by atoms with Crippen LogP contribution in [0.2, 0.25) is 0 Å². The van der Waals surface area contributed by atoms with Crippen molar-refractivity contribution < 1.29 is 0 Å². The first kappa shape index (κ1) is 13.7. The average molecular weight is 285 g/mol. The Labute approximate surface area is 107 Å². The van der Waals surface area contributed by atoms with E-state index in [1.165, 1.54) is 16.5 Å². The molecule has 0 aromatic heterocycles. The second kappa shape index (κ2) is 7.05. The third-order valence-electron chi connectivity index (χ3n) is 2.61. The zero-order valence-electron chi connectivity index (χ0n) is 10.3. The van der Waals surface area contributed by atoms with E-state index in [-0.39, 0.29) is 0 Å². The van der Waals surface area contributed by atoms with Crippen LogP contribution in [0.15, 0.2) is 28.7 Å². The monoisotopic (exact) mass is 284 g/mol. The Balaban J connectivity index is 2.31. The molecule has 90 valence electrons. The number of rotatable bonds is 6. The van der Waals surface area contributed by atoms with Crippen molar-refractivity contribution >= 4 is 15.9 Å². The van der Waals surface area contributed by atoms with Crippen LogP contribution in [0.1, 0.15) is 18.9 Å². The molecule has 16 heavy (non-hydrogen) atoms. The molecule has 1 rings (SSSR count). The van der Waals surface area contributed by atoms with Gasteiger partial charge in [-0.15, -0.1) is 0 Å². The van der Waals surface area contributed by atoms with Crippen LogP contribution in [-0.2, 0) is 6.54 Å². The number of halogens is 1. The lowest BCUT2D eigenvalue weighted by molar-refractivity contribution is 0.365. The van der Waals surface area contributed by atoms with Crippen molar-refractivity contribution in [3.63, 3.8) is 0 Å². The van der Waals surface area contributed by atoms with E-state index in [1.807, 2.05) is 6.07 Å². The fraction of sp³-hybridized carbons (Fsp3) is 0.538. The summed E-state index contributed by atoms with van der Waals surface area (Å²) in [5.41, 5.74) is 1.32. The third-order valence-corrected chi connectivity index (χ3v) is 3.38. The Morgan fingerprint density at radius 3 is 2.62 bits per heavy atom. The molecule has 0 aliphatic carbocycles. The van der Waals surface area contributed by atoms with Gasteiger partial charge in [0.05, 0.1) is 0 Å². The lowest BCUT2D eigenvalue weighted by Gasteiger charge is -2.17. The van der Waals surface area contributed by atoms with Gasteiger partial charge in [0.1, 0.15) is 0 Å². The number of nitrogens with zero attached hydrogens (tertiary/aromatic N) is 1. The first-order valence-corrected chi connectivity index (χ1v) is 6.50. The number of hydrogen-bond acceptors (Lipinski definition) is 2. The Morgan fingerprint density at radius 2 is 2.00 bits per heavy atom. The van der Waals surface area contributed by atoms with E-state index in [0.29, 0.717) is 6.04 Å². The minimum atomic E-state index is 0.550. The summed E-state index contributed by atoms with van der Waals surface area (Å²) < 4.78 is 1.18. The van der Waals surface area contributed by atoms with E-state index in [4.69, 9.17) is 0 Å². The highest BCUT2D eigenvalue weighted by atomic mass is 79.9. The zero-order valence-corrected chi connectivity index (χ0v) is 11.9. The summed E-state index contributed by atoms with van der Waals surface area (Å²) in [4.78, 5) is 2.22. The largest absolute Gasteiger partial charge is 0.310 e. The average Bonchev–Trinajstić information content (AvgIpc) is 2.25. The Morgan fingerprint density at radius 1 is 1.31 bits per heavy atom. The summed E-state index contributed by atoms with van der Waals surface area (Å²) in [5.74, 6) is 0. The molecular weight excluding hydrogens is 264 g/mol. The molecule has 0 radical (unpaired) electrons. The minimum absolute atomic E-state index is 0.550. The number of hydrogen-bond donors (Lipinski definition) is 1. The van der Waals surface area contributed by atoms with Crippen LogP contribution >= 0.6 is 15.9 Å². The Hall–Kier alpha value is -0.380. The van der Waals surface area contributed by atoms with Crippen molar-refractivity contribution in [3.8, 4) is 0 Å². The van der Waals surface area contributed by atoms with Gasteiger partial charge in [0.2, 0.25) is 0 Å². The lowest BCUT2D eigenvalue weighted by atomic mass is 10.2. The van der Waals surface area contributed by atoms with Gasteiger partial charge in [-0.2, -0.15) is 0 Å². The molecule has 1 N–H and O–H groups in total. The molecule has 0 fully saturated rings. The SMILES string of the molecule is CC(CCN(C)C)NCc1ccccc1Br. The maximum atomic E-state index is 3.56. The van der Waals surface area contributed by atoms with Crippen LogP contribution in [0.5, 0.6) is 0 Å². The van der Waals surface area contributed by atoms with Crippen molar-refractivity contribution in [1.29, 1.82) is 0 Å². The Kier molecular flexibility index (Phi) is 6.03. The normalized spacial score (nSPS) is 13.1. The number of nitrogens with one attached hydrogen (secondary N) is 1. The summed E-state index contributed by atoms with van der Waals surface area (Å²) >= 11 is 3.56. The predicted octanol–water partition coefficient (Wildman–Crippen LogP) is 2.88. The van der Waals surface area contributed by atoms with Crippen LogP contribution in [-0.4, -0.2) is 31.6 Å². The predicted molar refractivity (Wildman–Crippen MR) is 73.6 cm³/mol. The standard InChI is InChI=1S/C13H21BrN2/c1-11(8-9-16(2)3)15-10-12-6-4-5-7-13(12)14/h4-7,11,15H,8-10H2,1-3H3. The maximum absolute atomic E-state index is 3.56. The van der Waals surface area contributed by atoms with Gasteiger partial charge in [-0.3, -0.25) is 0 Å². The smallest absolute Gasteiger partial charge is 0.0220 e. The molecule has 0 saturated carbocycles. The molecule has 0 aliphatic heterocycles. The van der Waals surface area contributed by atoms with Crippen molar-refractivity contribution in [3.05, 3.63) is 34.3 Å². The highest BCUT2D eigenvalue weighted by Gasteiger charge is 2.03. The number of benzene rings is 1. The van der Waals surface area contributed by atoms with Crippen LogP contribution in [0.4, 0.5) is 0 Å². The molecule has 0 saturated heterocycles. The fourth-order valence-corrected chi connectivity index (χ4v) is 1.90. The third kappa shape index (κ3) is 5.10. The van der Waals surface area contributed by atoms with Crippen molar-refractivity contribution in [1.82, 2.24) is 10.2 Å². The van der Waals surface area contributed by atoms with Crippen molar-refractivity contribution in [2.75, 3.05) is 20.6 Å². The van der Waals surface area contributed by atoms with Gasteiger partial charge < -0.3 is 10.2 Å². The molecule has 1 atom stereocenters. The molecule has 1 aromatic carbocycles. The minimum Gasteiger partial charge on any atom is -0.310 e. The van der Waals surface area contributed by atoms with Gasteiger partial charge in [0, 0.05) is 17.1 Å². The molecule has 1 aromatic rings. The molecular formula is C13H21BrN2. The zero-order chi connectivity index (χ0) is 12.0. The Bertz CT molecular complexity index is 313. The summed E-state index contributed by atoms with van der Waals surface area (Å²) in [6.45, 7) is 4.29. The van der Waals surface area contributed by atoms with Gasteiger partial charge in [-0.05, 0) is 45.6 Å².